The molecule has 2 heterocycles. The first-order valence-corrected chi connectivity index (χ1v) is 5.34. The van der Waals surface area contributed by atoms with Gasteiger partial charge in [0.1, 0.15) is 11.5 Å². The Hall–Kier alpha value is -2.31. The van der Waals surface area contributed by atoms with Crippen molar-refractivity contribution in [2.24, 2.45) is 0 Å². The van der Waals surface area contributed by atoms with Crippen LogP contribution in [0.15, 0.2) is 16.5 Å². The van der Waals surface area contributed by atoms with E-state index in [1.807, 2.05) is 19.1 Å². The van der Waals surface area contributed by atoms with Gasteiger partial charge in [0.25, 0.3) is 0 Å². The van der Waals surface area contributed by atoms with E-state index in [1.54, 1.807) is 0 Å². The molecule has 0 saturated carbocycles. The molecular weight excluding hydrogens is 236 g/mol. The minimum atomic E-state index is 0.194. The van der Waals surface area contributed by atoms with Crippen LogP contribution in [0.4, 0.5) is 5.95 Å². The second-order valence-electron chi connectivity index (χ2n) is 3.50. The molecule has 96 valence electrons. The molecule has 0 amide bonds. The first kappa shape index (κ1) is 12.2. The number of hydrogen-bond acceptors (Lipinski definition) is 7. The third-order valence-electron chi connectivity index (χ3n) is 2.18. The predicted molar refractivity (Wildman–Crippen MR) is 63.7 cm³/mol. The SMILES string of the molecule is COc1nc(NCc2ccc(C)o2)nc(OC)n1. The van der Waals surface area contributed by atoms with Crippen LogP contribution in [0, 0.1) is 6.92 Å². The predicted octanol–water partition coefficient (Wildman–Crippen LogP) is 1.40. The van der Waals surface area contributed by atoms with Gasteiger partial charge in [0, 0.05) is 0 Å². The van der Waals surface area contributed by atoms with Crippen LogP contribution in [0.5, 0.6) is 12.0 Å². The van der Waals surface area contributed by atoms with Gasteiger partial charge >= 0.3 is 12.0 Å². The number of ether oxygens (including phenoxy) is 2. The molecule has 0 spiro atoms. The van der Waals surface area contributed by atoms with Crippen molar-refractivity contribution in [1.82, 2.24) is 15.0 Å². The number of rotatable bonds is 5. The molecule has 0 aliphatic carbocycles. The van der Waals surface area contributed by atoms with E-state index < -0.39 is 0 Å². The van der Waals surface area contributed by atoms with Crippen molar-refractivity contribution in [2.45, 2.75) is 13.5 Å². The van der Waals surface area contributed by atoms with Crippen molar-refractivity contribution in [2.75, 3.05) is 19.5 Å². The van der Waals surface area contributed by atoms with Crippen molar-refractivity contribution in [1.29, 1.82) is 0 Å². The number of aromatic nitrogens is 3. The summed E-state index contributed by atoms with van der Waals surface area (Å²) in [5, 5.41) is 3.01. The highest BCUT2D eigenvalue weighted by Crippen LogP contribution is 2.13. The van der Waals surface area contributed by atoms with Gasteiger partial charge in [-0.2, -0.15) is 9.97 Å². The largest absolute Gasteiger partial charge is 0.467 e. The molecule has 2 aromatic heterocycles. The number of nitrogens with zero attached hydrogens (tertiary/aromatic N) is 3. The molecule has 0 aromatic carbocycles. The van der Waals surface area contributed by atoms with Gasteiger partial charge in [0.05, 0.1) is 20.8 Å². The molecule has 7 heteroatoms. The Balaban J connectivity index is 2.08. The highest BCUT2D eigenvalue weighted by atomic mass is 16.5. The van der Waals surface area contributed by atoms with E-state index in [-0.39, 0.29) is 12.0 Å². The molecule has 18 heavy (non-hydrogen) atoms. The van der Waals surface area contributed by atoms with Gasteiger partial charge in [-0.15, -0.1) is 4.98 Å². The standard InChI is InChI=1S/C11H14N4O3/c1-7-4-5-8(18-7)6-12-9-13-10(16-2)15-11(14-9)17-3/h4-5H,6H2,1-3H3,(H,12,13,14,15). The van der Waals surface area contributed by atoms with Gasteiger partial charge in [0.2, 0.25) is 5.95 Å². The molecule has 0 radical (unpaired) electrons. The van der Waals surface area contributed by atoms with Gasteiger partial charge in [-0.3, -0.25) is 0 Å². The third kappa shape index (κ3) is 2.88. The number of aryl methyl sites for hydroxylation is 1. The van der Waals surface area contributed by atoms with Gasteiger partial charge in [-0.05, 0) is 19.1 Å². The lowest BCUT2D eigenvalue weighted by Gasteiger charge is -2.06. The molecule has 0 aliphatic heterocycles. The van der Waals surface area contributed by atoms with E-state index >= 15 is 0 Å². The Labute approximate surface area is 104 Å². The van der Waals surface area contributed by atoms with Crippen LogP contribution >= 0.6 is 0 Å². The summed E-state index contributed by atoms with van der Waals surface area (Å²) in [5.74, 6) is 2.02. The maximum Gasteiger partial charge on any atom is 0.324 e. The number of anilines is 1. The summed E-state index contributed by atoms with van der Waals surface area (Å²) in [7, 11) is 2.96. The van der Waals surface area contributed by atoms with Gasteiger partial charge in [-0.25, -0.2) is 0 Å². The minimum absolute atomic E-state index is 0.194. The van der Waals surface area contributed by atoms with Crippen LogP contribution < -0.4 is 14.8 Å². The molecule has 0 saturated heterocycles. The zero-order valence-electron chi connectivity index (χ0n) is 10.4. The number of hydrogen-bond donors (Lipinski definition) is 1. The quantitative estimate of drug-likeness (QED) is 0.858. The van der Waals surface area contributed by atoms with E-state index in [0.29, 0.717) is 12.5 Å². The topological polar surface area (TPSA) is 82.3 Å². The van der Waals surface area contributed by atoms with Gasteiger partial charge in [-0.1, -0.05) is 0 Å². The summed E-state index contributed by atoms with van der Waals surface area (Å²) >= 11 is 0. The Kier molecular flexibility index (Phi) is 3.61. The van der Waals surface area contributed by atoms with Crippen molar-refractivity contribution in [3.63, 3.8) is 0 Å². The second kappa shape index (κ2) is 5.35. The first-order valence-electron chi connectivity index (χ1n) is 5.34. The van der Waals surface area contributed by atoms with Gasteiger partial charge < -0.3 is 19.2 Å². The lowest BCUT2D eigenvalue weighted by molar-refractivity contribution is 0.341. The smallest absolute Gasteiger partial charge is 0.324 e. The summed E-state index contributed by atoms with van der Waals surface area (Å²) in [5.41, 5.74) is 0. The summed E-state index contributed by atoms with van der Waals surface area (Å²) < 4.78 is 15.3. The van der Waals surface area contributed by atoms with Crippen LogP contribution in [0.2, 0.25) is 0 Å². The van der Waals surface area contributed by atoms with Gasteiger partial charge in [0.15, 0.2) is 0 Å². The van der Waals surface area contributed by atoms with E-state index in [1.165, 1.54) is 14.2 Å². The Morgan fingerprint density at radius 1 is 1.11 bits per heavy atom. The Morgan fingerprint density at radius 3 is 2.28 bits per heavy atom. The molecular formula is C11H14N4O3. The molecule has 0 bridgehead atoms. The average Bonchev–Trinajstić information content (AvgIpc) is 2.81. The highest BCUT2D eigenvalue weighted by Gasteiger charge is 2.07. The zero-order valence-corrected chi connectivity index (χ0v) is 10.4. The molecule has 2 rings (SSSR count). The van der Waals surface area contributed by atoms with Crippen LogP contribution in [0.25, 0.3) is 0 Å². The second-order valence-corrected chi connectivity index (χ2v) is 3.50. The zero-order chi connectivity index (χ0) is 13.0. The van der Waals surface area contributed by atoms with E-state index in [4.69, 9.17) is 13.9 Å². The number of nitrogens with one attached hydrogen (secondary N) is 1. The minimum Gasteiger partial charge on any atom is -0.467 e. The highest BCUT2D eigenvalue weighted by molar-refractivity contribution is 5.28. The molecule has 0 unspecified atom stereocenters. The lowest BCUT2D eigenvalue weighted by Crippen LogP contribution is -2.06. The fourth-order valence-corrected chi connectivity index (χ4v) is 1.35. The monoisotopic (exact) mass is 250 g/mol. The fraction of sp³-hybridized carbons (Fsp3) is 0.364. The maximum atomic E-state index is 5.42. The first-order chi connectivity index (χ1) is 8.71. The van der Waals surface area contributed by atoms with E-state index in [0.717, 1.165) is 11.5 Å². The average molecular weight is 250 g/mol. The summed E-state index contributed by atoms with van der Waals surface area (Å²) in [6.45, 7) is 2.36. The molecule has 0 fully saturated rings. The Bertz CT molecular complexity index is 505. The number of methoxy groups -OCH3 is 2. The van der Waals surface area contributed by atoms with Crippen molar-refractivity contribution in [3.05, 3.63) is 23.7 Å². The van der Waals surface area contributed by atoms with Crippen LogP contribution in [-0.4, -0.2) is 29.2 Å². The van der Waals surface area contributed by atoms with E-state index in [9.17, 15) is 0 Å². The molecule has 2 aromatic rings. The molecule has 7 nitrogen and oxygen atoms in total. The van der Waals surface area contributed by atoms with E-state index in [2.05, 4.69) is 20.3 Å². The lowest BCUT2D eigenvalue weighted by atomic mass is 10.4. The summed E-state index contributed by atoms with van der Waals surface area (Å²) in [6, 6.07) is 4.17. The van der Waals surface area contributed by atoms with Crippen molar-refractivity contribution >= 4 is 5.95 Å². The van der Waals surface area contributed by atoms with Crippen molar-refractivity contribution in [3.8, 4) is 12.0 Å². The number of furan rings is 1. The van der Waals surface area contributed by atoms with Crippen LogP contribution in [0.3, 0.4) is 0 Å². The summed E-state index contributed by atoms with van der Waals surface area (Å²) in [6.07, 6.45) is 0. The molecule has 0 atom stereocenters. The fourth-order valence-electron chi connectivity index (χ4n) is 1.35. The molecule has 1 N–H and O–H groups in total. The van der Waals surface area contributed by atoms with Crippen LogP contribution in [0.1, 0.15) is 11.5 Å². The van der Waals surface area contributed by atoms with Crippen LogP contribution in [-0.2, 0) is 6.54 Å². The molecule has 0 aliphatic rings. The van der Waals surface area contributed by atoms with Crippen molar-refractivity contribution < 1.29 is 13.9 Å². The third-order valence-corrected chi connectivity index (χ3v) is 2.18. The maximum absolute atomic E-state index is 5.42. The normalized spacial score (nSPS) is 10.2. The summed E-state index contributed by atoms with van der Waals surface area (Å²) in [4.78, 5) is 12.0. The Morgan fingerprint density at radius 2 is 1.78 bits per heavy atom.